The first kappa shape index (κ1) is 15.8. The largest absolute Gasteiger partial charge is 0.409 e. The molecule has 0 aliphatic heterocycles. The van der Waals surface area contributed by atoms with E-state index in [0.29, 0.717) is 25.3 Å². The molecule has 1 rings (SSSR count). The molecule has 1 aliphatic rings. The Balaban J connectivity index is 2.76. The Kier molecular flexibility index (Phi) is 5.17. The van der Waals surface area contributed by atoms with Crippen molar-refractivity contribution in [2.24, 2.45) is 22.2 Å². The summed E-state index contributed by atoms with van der Waals surface area (Å²) >= 11 is 0. The van der Waals surface area contributed by atoms with Gasteiger partial charge in [-0.1, -0.05) is 19.0 Å². The van der Waals surface area contributed by atoms with E-state index >= 15 is 0 Å². The van der Waals surface area contributed by atoms with Gasteiger partial charge in [0, 0.05) is 13.6 Å². The standard InChI is InChI=1S/C13H25N3O3/c1-4-13(5-2,11(14)15-19)12(18)16(3)8-9-6-10(17)7-9/h9-10,17,19H,4-8H2,1-3H3,(H2,14,15). The molecule has 0 aromatic heterocycles. The number of amidine groups is 1. The van der Waals surface area contributed by atoms with Crippen LogP contribution in [0.5, 0.6) is 0 Å². The Morgan fingerprint density at radius 2 is 1.95 bits per heavy atom. The molecule has 0 radical (unpaired) electrons. The summed E-state index contributed by atoms with van der Waals surface area (Å²) in [7, 11) is 1.73. The Morgan fingerprint density at radius 3 is 2.32 bits per heavy atom. The maximum Gasteiger partial charge on any atom is 0.236 e. The molecule has 0 spiro atoms. The van der Waals surface area contributed by atoms with Crippen molar-refractivity contribution in [3.63, 3.8) is 0 Å². The third-order valence-corrected chi connectivity index (χ3v) is 4.30. The van der Waals surface area contributed by atoms with Crippen LogP contribution in [0.3, 0.4) is 0 Å². The first-order valence-electron chi connectivity index (χ1n) is 6.82. The fourth-order valence-electron chi connectivity index (χ4n) is 2.81. The Labute approximate surface area is 114 Å². The smallest absolute Gasteiger partial charge is 0.236 e. The molecule has 0 heterocycles. The fraction of sp³-hybridized carbons (Fsp3) is 0.846. The van der Waals surface area contributed by atoms with Crippen LogP contribution in [-0.2, 0) is 4.79 Å². The average molecular weight is 271 g/mol. The average Bonchev–Trinajstić information content (AvgIpc) is 2.38. The van der Waals surface area contributed by atoms with Gasteiger partial charge in [0.05, 0.1) is 6.10 Å². The molecular formula is C13H25N3O3. The van der Waals surface area contributed by atoms with Gasteiger partial charge in [0.15, 0.2) is 5.84 Å². The van der Waals surface area contributed by atoms with Crippen LogP contribution < -0.4 is 5.73 Å². The van der Waals surface area contributed by atoms with Gasteiger partial charge in [0.25, 0.3) is 0 Å². The van der Waals surface area contributed by atoms with Gasteiger partial charge in [-0.25, -0.2) is 0 Å². The summed E-state index contributed by atoms with van der Waals surface area (Å²) in [4.78, 5) is 14.2. The molecule has 4 N–H and O–H groups in total. The monoisotopic (exact) mass is 271 g/mol. The van der Waals surface area contributed by atoms with Crippen LogP contribution >= 0.6 is 0 Å². The number of amides is 1. The lowest BCUT2D eigenvalue weighted by molar-refractivity contribution is -0.139. The minimum atomic E-state index is -0.925. The number of nitrogens with zero attached hydrogens (tertiary/aromatic N) is 2. The van der Waals surface area contributed by atoms with E-state index in [1.54, 1.807) is 11.9 Å². The predicted molar refractivity (Wildman–Crippen MR) is 72.8 cm³/mol. The zero-order chi connectivity index (χ0) is 14.6. The molecule has 1 aliphatic carbocycles. The first-order chi connectivity index (χ1) is 8.91. The molecule has 0 saturated heterocycles. The summed E-state index contributed by atoms with van der Waals surface area (Å²) in [5.41, 5.74) is 4.80. The van der Waals surface area contributed by atoms with Gasteiger partial charge < -0.3 is 20.9 Å². The molecule has 0 aromatic rings. The van der Waals surface area contributed by atoms with Gasteiger partial charge in [0.2, 0.25) is 5.91 Å². The van der Waals surface area contributed by atoms with Crippen LogP contribution in [0.2, 0.25) is 0 Å². The number of aliphatic hydroxyl groups excluding tert-OH is 1. The number of rotatable bonds is 6. The highest BCUT2D eigenvalue weighted by atomic mass is 16.4. The second-order valence-corrected chi connectivity index (χ2v) is 5.45. The zero-order valence-corrected chi connectivity index (χ0v) is 12.0. The van der Waals surface area contributed by atoms with E-state index in [1.807, 2.05) is 13.8 Å². The summed E-state index contributed by atoms with van der Waals surface area (Å²) in [6.07, 6.45) is 2.25. The van der Waals surface area contributed by atoms with Gasteiger partial charge >= 0.3 is 0 Å². The summed E-state index contributed by atoms with van der Waals surface area (Å²) in [6.45, 7) is 4.33. The van der Waals surface area contributed by atoms with Crippen molar-refractivity contribution in [2.75, 3.05) is 13.6 Å². The van der Waals surface area contributed by atoms with E-state index in [4.69, 9.17) is 10.9 Å². The van der Waals surface area contributed by atoms with Gasteiger partial charge in [-0.15, -0.1) is 0 Å². The fourth-order valence-corrected chi connectivity index (χ4v) is 2.81. The summed E-state index contributed by atoms with van der Waals surface area (Å²) in [5, 5.41) is 21.2. The molecule has 1 fully saturated rings. The third-order valence-electron chi connectivity index (χ3n) is 4.30. The molecule has 1 saturated carbocycles. The van der Waals surface area contributed by atoms with E-state index < -0.39 is 5.41 Å². The van der Waals surface area contributed by atoms with E-state index in [-0.39, 0.29) is 17.8 Å². The van der Waals surface area contributed by atoms with Crippen LogP contribution in [0.15, 0.2) is 5.16 Å². The maximum atomic E-state index is 12.6. The zero-order valence-electron chi connectivity index (χ0n) is 12.0. The summed E-state index contributed by atoms with van der Waals surface area (Å²) in [6, 6.07) is 0. The lowest BCUT2D eigenvalue weighted by Crippen LogP contribution is -2.51. The van der Waals surface area contributed by atoms with Crippen molar-refractivity contribution in [2.45, 2.75) is 45.6 Å². The minimum Gasteiger partial charge on any atom is -0.409 e. The first-order valence-corrected chi connectivity index (χ1v) is 6.82. The molecule has 19 heavy (non-hydrogen) atoms. The van der Waals surface area contributed by atoms with Gasteiger partial charge in [0.1, 0.15) is 5.41 Å². The normalized spacial score (nSPS) is 23.9. The highest BCUT2D eigenvalue weighted by molar-refractivity contribution is 6.06. The van der Waals surface area contributed by atoms with E-state index in [0.717, 1.165) is 12.8 Å². The van der Waals surface area contributed by atoms with Gasteiger partial charge in [-0.2, -0.15) is 0 Å². The molecule has 1 amide bonds. The topological polar surface area (TPSA) is 99.2 Å². The highest BCUT2D eigenvalue weighted by Crippen LogP contribution is 2.32. The second kappa shape index (κ2) is 6.23. The predicted octanol–water partition coefficient (Wildman–Crippen LogP) is 0.769. The van der Waals surface area contributed by atoms with Crippen LogP contribution in [0.25, 0.3) is 0 Å². The SMILES string of the molecule is CCC(CC)(C(=O)N(C)CC1CC(O)C1)C(N)=NO. The Bertz CT molecular complexity index is 347. The number of hydrogen-bond acceptors (Lipinski definition) is 4. The lowest BCUT2D eigenvalue weighted by atomic mass is 9.78. The number of nitrogens with two attached hydrogens (primary N) is 1. The highest BCUT2D eigenvalue weighted by Gasteiger charge is 2.42. The summed E-state index contributed by atoms with van der Waals surface area (Å²) in [5.74, 6) is 0.208. The molecule has 0 unspecified atom stereocenters. The number of oxime groups is 1. The third kappa shape index (κ3) is 3.00. The Hall–Kier alpha value is -1.30. The molecule has 6 nitrogen and oxygen atoms in total. The maximum absolute atomic E-state index is 12.6. The molecule has 110 valence electrons. The van der Waals surface area contributed by atoms with Crippen LogP contribution in [0.4, 0.5) is 0 Å². The molecule has 0 bridgehead atoms. The van der Waals surface area contributed by atoms with Crippen LogP contribution in [-0.4, -0.2) is 46.7 Å². The Morgan fingerprint density at radius 1 is 1.42 bits per heavy atom. The van der Waals surface area contributed by atoms with E-state index in [9.17, 15) is 9.90 Å². The van der Waals surface area contributed by atoms with Crippen molar-refractivity contribution < 1.29 is 15.1 Å². The number of carbonyl (C=O) groups excluding carboxylic acids is 1. The lowest BCUT2D eigenvalue weighted by Gasteiger charge is -2.38. The summed E-state index contributed by atoms with van der Waals surface area (Å²) < 4.78 is 0. The van der Waals surface area contributed by atoms with E-state index in [2.05, 4.69) is 5.16 Å². The number of hydrogen-bond donors (Lipinski definition) is 3. The van der Waals surface area contributed by atoms with Crippen LogP contribution in [0.1, 0.15) is 39.5 Å². The van der Waals surface area contributed by atoms with Gasteiger partial charge in [-0.3, -0.25) is 4.79 Å². The molecular weight excluding hydrogens is 246 g/mol. The number of aliphatic hydroxyl groups is 1. The molecule has 0 atom stereocenters. The minimum absolute atomic E-state index is 0.0250. The van der Waals surface area contributed by atoms with Gasteiger partial charge in [-0.05, 0) is 31.6 Å². The van der Waals surface area contributed by atoms with Crippen molar-refractivity contribution in [1.82, 2.24) is 4.90 Å². The molecule has 0 aromatic carbocycles. The molecule has 6 heteroatoms. The van der Waals surface area contributed by atoms with Crippen molar-refractivity contribution in [1.29, 1.82) is 0 Å². The number of carbonyl (C=O) groups is 1. The van der Waals surface area contributed by atoms with Crippen LogP contribution in [0, 0.1) is 11.3 Å². The van der Waals surface area contributed by atoms with E-state index in [1.165, 1.54) is 0 Å². The van der Waals surface area contributed by atoms with Crippen molar-refractivity contribution in [3.05, 3.63) is 0 Å². The quantitative estimate of drug-likeness (QED) is 0.287. The van der Waals surface area contributed by atoms with Crippen molar-refractivity contribution in [3.8, 4) is 0 Å². The van der Waals surface area contributed by atoms with Crippen molar-refractivity contribution >= 4 is 11.7 Å². The second-order valence-electron chi connectivity index (χ2n) is 5.45.